The van der Waals surface area contributed by atoms with E-state index in [1.54, 1.807) is 159 Å². The molecule has 0 aromatic rings. The van der Waals surface area contributed by atoms with Gasteiger partial charge in [-0.3, -0.25) is 4.79 Å². The number of Topliss-reactive ketones (excluding diaryl/α,β-unsaturated/α-hetero) is 1. The molecule has 0 N–H and O–H groups in total. The molecule has 0 aromatic heterocycles. The van der Waals surface area contributed by atoms with Crippen molar-refractivity contribution in [2.24, 2.45) is 94.7 Å². The fourth-order valence-electron chi connectivity index (χ4n) is 16.0. The fourth-order valence-corrected chi connectivity index (χ4v) is 16.0. The summed E-state index contributed by atoms with van der Waals surface area (Å²) in [5, 5.41) is 0. The maximum atomic E-state index is 10.7. The van der Waals surface area contributed by atoms with Crippen molar-refractivity contribution in [2.45, 2.75) is 263 Å². The molecule has 0 radical (unpaired) electrons. The van der Waals surface area contributed by atoms with Gasteiger partial charge in [-0.25, -0.2) is 0 Å². The summed E-state index contributed by atoms with van der Waals surface area (Å²) in [5.74, 6) is 18.9. The van der Waals surface area contributed by atoms with Gasteiger partial charge in [-0.15, -0.1) is 0 Å². The molecule has 0 saturated heterocycles. The number of fused-ring (bicyclic) bond motifs is 10. The second-order valence-electron chi connectivity index (χ2n) is 26.4. The van der Waals surface area contributed by atoms with E-state index < -0.39 is 0 Å². The van der Waals surface area contributed by atoms with Crippen LogP contribution in [-0.2, 0) is 4.79 Å². The van der Waals surface area contributed by atoms with Gasteiger partial charge < -0.3 is 0 Å². The van der Waals surface area contributed by atoms with E-state index >= 15 is 0 Å². The normalized spacial score (nSPS) is 45.3. The summed E-state index contributed by atoms with van der Waals surface area (Å²) in [7, 11) is 0. The van der Waals surface area contributed by atoms with Crippen LogP contribution in [0.2, 0.25) is 0 Å². The molecule has 63 heavy (non-hydrogen) atoms. The predicted octanol–water partition coefficient (Wildman–Crippen LogP) is 18.4. The van der Waals surface area contributed by atoms with Crippen LogP contribution in [0.25, 0.3) is 0 Å². The first-order valence-electron chi connectivity index (χ1n) is 29.9. The molecule has 20 rings (SSSR count). The van der Waals surface area contributed by atoms with Crippen molar-refractivity contribution in [3.63, 3.8) is 0 Å². The van der Waals surface area contributed by atoms with Crippen molar-refractivity contribution < 1.29 is 4.79 Å². The molecule has 20 aliphatic carbocycles. The van der Waals surface area contributed by atoms with Gasteiger partial charge in [-0.05, 0) is 197 Å². The molecule has 20 aliphatic rings. The summed E-state index contributed by atoms with van der Waals surface area (Å²) in [5.41, 5.74) is 3.36. The summed E-state index contributed by atoms with van der Waals surface area (Å²) < 4.78 is 0. The Labute approximate surface area is 390 Å². The highest BCUT2D eigenvalue weighted by molar-refractivity contribution is 5.80. The highest BCUT2D eigenvalue weighted by atomic mass is 16.1. The summed E-state index contributed by atoms with van der Waals surface area (Å²) in [6.07, 6.45) is 65.8. The standard InChI is InChI=1S/C9H16.C8H14.C8H10.C7H10O.2C7H12.2C6H10.C4H6/c1-2-5-9-7-3-6-8(9)4-1;2*1-2-4-8-6-5-7(8)3-1;8-7-3-5-1-6(2-5)4-7;1-2-6-4-7(3-1)5-6;1-2-4-7-5-6(7)3-1;2*1-2-5-4-6(5)3-1;1-3-2-4(1)3/h8-9H,1-7H2;7-8H,1-6H2;1,3H,2,4-6H2;5-6H,1-4H2;2*6-7H,1-5H2;2*5-6H,1-4H2;3-4H,1-2H2. The summed E-state index contributed by atoms with van der Waals surface area (Å²) in [6, 6.07) is 0. The third-order valence-corrected chi connectivity index (χ3v) is 21.6. The number of rotatable bonds is 0. The Balaban J connectivity index is 0.0000000846. The molecule has 10 unspecified atom stereocenters. The zero-order valence-electron chi connectivity index (χ0n) is 41.3. The van der Waals surface area contributed by atoms with Gasteiger partial charge in [-0.1, -0.05) is 172 Å². The zero-order valence-corrected chi connectivity index (χ0v) is 41.3. The van der Waals surface area contributed by atoms with Crippen molar-refractivity contribution in [3.05, 3.63) is 23.3 Å². The Morgan fingerprint density at radius 2 is 0.635 bits per heavy atom. The lowest BCUT2D eigenvalue weighted by Crippen LogP contribution is -2.33. The van der Waals surface area contributed by atoms with Crippen molar-refractivity contribution >= 4 is 5.78 Å². The van der Waals surface area contributed by atoms with Crippen LogP contribution >= 0.6 is 0 Å². The molecule has 0 aliphatic heterocycles. The maximum absolute atomic E-state index is 10.7. The van der Waals surface area contributed by atoms with E-state index in [1.165, 1.54) is 186 Å². The lowest BCUT2D eigenvalue weighted by Gasteiger charge is -2.40. The predicted molar refractivity (Wildman–Crippen MR) is 266 cm³/mol. The molecule has 0 aromatic carbocycles. The van der Waals surface area contributed by atoms with Crippen LogP contribution in [0.4, 0.5) is 0 Å². The second kappa shape index (κ2) is 22.5. The number of allylic oxidation sites excluding steroid dienone is 4. The SMILES string of the molecule is C1=CC2=C(CC1)CC2.C1C2CC12.C1CC2CC(C1)C2.C1CC2CC2C1.C1CC2CC2C1.C1CCC2CC2C1.C1CCC2CCC2C1.C1CCC2CCCC2C1.O=C1CC2CC(C1)C2. The van der Waals surface area contributed by atoms with Crippen molar-refractivity contribution in [1.29, 1.82) is 0 Å². The first-order chi connectivity index (χ1) is 31.1. The van der Waals surface area contributed by atoms with E-state index in [-0.39, 0.29) is 0 Å². The lowest BCUT2D eigenvalue weighted by atomic mass is 9.65. The molecule has 10 atom stereocenters. The van der Waals surface area contributed by atoms with E-state index in [0.29, 0.717) is 5.78 Å². The van der Waals surface area contributed by atoms with Crippen LogP contribution in [0.5, 0.6) is 0 Å². The third kappa shape index (κ3) is 14.1. The molecule has 1 heteroatoms. The van der Waals surface area contributed by atoms with Crippen molar-refractivity contribution in [2.75, 3.05) is 0 Å². The summed E-state index contributed by atoms with van der Waals surface area (Å²) >= 11 is 0. The Morgan fingerprint density at radius 3 is 0.857 bits per heavy atom. The second-order valence-corrected chi connectivity index (χ2v) is 26.4. The van der Waals surface area contributed by atoms with Crippen LogP contribution in [0.15, 0.2) is 23.3 Å². The largest absolute Gasteiger partial charge is 0.300 e. The molecule has 0 amide bonds. The Bertz CT molecular complexity index is 1380. The molecule has 1 nitrogen and oxygen atoms in total. The third-order valence-electron chi connectivity index (χ3n) is 21.6. The van der Waals surface area contributed by atoms with E-state index in [0.717, 1.165) is 24.7 Å². The van der Waals surface area contributed by atoms with Crippen molar-refractivity contribution in [3.8, 4) is 0 Å². The van der Waals surface area contributed by atoms with Gasteiger partial charge in [-0.2, -0.15) is 0 Å². The van der Waals surface area contributed by atoms with E-state index in [9.17, 15) is 4.79 Å². The average molecular weight is 861 g/mol. The molecule has 18 saturated carbocycles. The highest BCUT2D eigenvalue weighted by Crippen LogP contribution is 2.62. The van der Waals surface area contributed by atoms with Crippen LogP contribution in [0, 0.1) is 94.7 Å². The molecule has 354 valence electrons. The molecular weight excluding hydrogens is 761 g/mol. The lowest BCUT2D eigenvalue weighted by molar-refractivity contribution is -0.127. The Morgan fingerprint density at radius 1 is 0.302 bits per heavy atom. The maximum Gasteiger partial charge on any atom is 0.133 e. The van der Waals surface area contributed by atoms with Gasteiger partial charge in [0.1, 0.15) is 5.78 Å². The van der Waals surface area contributed by atoms with Crippen LogP contribution in [-0.4, -0.2) is 5.78 Å². The first kappa shape index (κ1) is 45.9. The quantitative estimate of drug-likeness (QED) is 0.237. The molecule has 4 bridgehead atoms. The topological polar surface area (TPSA) is 17.1 Å². The van der Waals surface area contributed by atoms with Crippen LogP contribution in [0.1, 0.15) is 263 Å². The minimum Gasteiger partial charge on any atom is -0.300 e. The van der Waals surface area contributed by atoms with E-state index in [1.807, 2.05) is 0 Å². The number of hydrogen-bond donors (Lipinski definition) is 0. The number of ketones is 1. The van der Waals surface area contributed by atoms with Crippen LogP contribution < -0.4 is 0 Å². The molecular formula is C62H100O. The highest BCUT2D eigenvalue weighted by Gasteiger charge is 2.52. The van der Waals surface area contributed by atoms with Crippen LogP contribution in [0.3, 0.4) is 0 Å². The van der Waals surface area contributed by atoms with Gasteiger partial charge in [0.05, 0.1) is 0 Å². The van der Waals surface area contributed by atoms with Gasteiger partial charge in [0.25, 0.3) is 0 Å². The minimum atomic E-state index is 0.512. The Hall–Kier alpha value is -0.850. The first-order valence-corrected chi connectivity index (χ1v) is 29.9. The molecule has 18 fully saturated rings. The smallest absolute Gasteiger partial charge is 0.133 e. The Kier molecular flexibility index (Phi) is 16.4. The minimum absolute atomic E-state index is 0.512. The summed E-state index contributed by atoms with van der Waals surface area (Å²) in [4.78, 5) is 10.7. The zero-order chi connectivity index (χ0) is 42.4. The molecule has 0 heterocycles. The van der Waals surface area contributed by atoms with Gasteiger partial charge in [0.15, 0.2) is 0 Å². The van der Waals surface area contributed by atoms with Gasteiger partial charge >= 0.3 is 0 Å². The fraction of sp³-hybridized carbons (Fsp3) is 0.919. The number of carbonyl (C=O) groups is 1. The number of carbonyl (C=O) groups excluding carboxylic acids is 1. The monoisotopic (exact) mass is 861 g/mol. The summed E-state index contributed by atoms with van der Waals surface area (Å²) in [6.45, 7) is 0. The van der Waals surface area contributed by atoms with Crippen molar-refractivity contribution in [1.82, 2.24) is 0 Å². The van der Waals surface area contributed by atoms with E-state index in [4.69, 9.17) is 0 Å². The molecule has 0 spiro atoms. The van der Waals surface area contributed by atoms with Gasteiger partial charge in [0, 0.05) is 12.8 Å². The average Bonchev–Trinajstić information content (AvgIpc) is 4.12. The van der Waals surface area contributed by atoms with Gasteiger partial charge in [0.2, 0.25) is 0 Å². The number of hydrogen-bond acceptors (Lipinski definition) is 1. The van der Waals surface area contributed by atoms with E-state index in [2.05, 4.69) is 12.2 Å².